The van der Waals surface area contributed by atoms with Gasteiger partial charge in [-0.15, -0.1) is 0 Å². The minimum Gasteiger partial charge on any atom is -0.383 e. The van der Waals surface area contributed by atoms with E-state index < -0.39 is 0 Å². The Morgan fingerprint density at radius 3 is 2.63 bits per heavy atom. The number of rotatable bonds is 4. The number of aromatic nitrogens is 2. The number of nitrogen functional groups attached to an aromatic ring is 1. The normalized spacial score (nSPS) is 23.0. The molecule has 1 aromatic rings. The van der Waals surface area contributed by atoms with Crippen LogP contribution in [0.15, 0.2) is 0 Å². The predicted octanol–water partition coefficient (Wildman–Crippen LogP) is 3.34. The molecule has 4 heteroatoms. The van der Waals surface area contributed by atoms with Gasteiger partial charge in [-0.05, 0) is 31.6 Å². The average Bonchev–Trinajstić information content (AvgIpc) is 2.76. The first-order valence-electron chi connectivity index (χ1n) is 7.35. The van der Waals surface area contributed by atoms with Crippen molar-refractivity contribution in [1.29, 1.82) is 0 Å². The lowest BCUT2D eigenvalue weighted by molar-refractivity contribution is 0.536. The first kappa shape index (κ1) is 14.1. The van der Waals surface area contributed by atoms with Crippen molar-refractivity contribution in [3.8, 4) is 0 Å². The van der Waals surface area contributed by atoms with Crippen LogP contribution in [0, 0.1) is 18.8 Å². The minimum absolute atomic E-state index is 0.301. The molecule has 0 saturated heterocycles. The largest absolute Gasteiger partial charge is 0.383 e. The highest BCUT2D eigenvalue weighted by atomic mass is 15.1. The van der Waals surface area contributed by atoms with Gasteiger partial charge in [-0.25, -0.2) is 9.97 Å². The molecule has 19 heavy (non-hydrogen) atoms. The Labute approximate surface area is 116 Å². The first-order valence-corrected chi connectivity index (χ1v) is 7.35. The van der Waals surface area contributed by atoms with Crippen LogP contribution in [0.4, 0.5) is 11.6 Å². The molecule has 0 aromatic carbocycles. The fourth-order valence-corrected chi connectivity index (χ4v) is 2.73. The van der Waals surface area contributed by atoms with Gasteiger partial charge in [0.2, 0.25) is 0 Å². The van der Waals surface area contributed by atoms with Gasteiger partial charge in [0.25, 0.3) is 0 Å². The lowest BCUT2D eigenvalue weighted by Gasteiger charge is -2.16. The molecule has 2 rings (SSSR count). The van der Waals surface area contributed by atoms with Crippen LogP contribution < -0.4 is 11.1 Å². The van der Waals surface area contributed by atoms with Crippen LogP contribution in [-0.4, -0.2) is 16.5 Å². The Morgan fingerprint density at radius 1 is 1.32 bits per heavy atom. The molecule has 3 N–H and O–H groups in total. The second-order valence-corrected chi connectivity index (χ2v) is 6.26. The van der Waals surface area contributed by atoms with E-state index in [1.54, 1.807) is 0 Å². The maximum Gasteiger partial charge on any atom is 0.135 e. The van der Waals surface area contributed by atoms with E-state index in [-0.39, 0.29) is 0 Å². The van der Waals surface area contributed by atoms with Crippen molar-refractivity contribution in [2.75, 3.05) is 17.6 Å². The topological polar surface area (TPSA) is 63.8 Å². The van der Waals surface area contributed by atoms with Crippen molar-refractivity contribution in [3.05, 3.63) is 11.4 Å². The number of nitrogens with two attached hydrogens (primary N) is 1. The second kappa shape index (κ2) is 5.76. The van der Waals surface area contributed by atoms with Crippen molar-refractivity contribution in [3.63, 3.8) is 0 Å². The van der Waals surface area contributed by atoms with Gasteiger partial charge in [0.1, 0.15) is 17.5 Å². The van der Waals surface area contributed by atoms with Crippen molar-refractivity contribution >= 4 is 11.6 Å². The van der Waals surface area contributed by atoms with Gasteiger partial charge >= 0.3 is 0 Å². The van der Waals surface area contributed by atoms with Crippen LogP contribution in [0.1, 0.15) is 57.3 Å². The molecule has 0 radical (unpaired) electrons. The van der Waals surface area contributed by atoms with Crippen LogP contribution >= 0.6 is 0 Å². The molecule has 0 bridgehead atoms. The van der Waals surface area contributed by atoms with Crippen LogP contribution in [0.25, 0.3) is 0 Å². The smallest absolute Gasteiger partial charge is 0.135 e. The zero-order valence-corrected chi connectivity index (χ0v) is 12.5. The number of hydrogen-bond acceptors (Lipinski definition) is 4. The SMILES string of the molecule is Cc1c(N)nc(C(C)C)nc1NCC1CCC(C)C1. The highest BCUT2D eigenvalue weighted by Gasteiger charge is 2.21. The van der Waals surface area contributed by atoms with Gasteiger partial charge in [0.15, 0.2) is 0 Å². The Kier molecular flexibility index (Phi) is 4.27. The molecule has 1 aliphatic rings. The lowest BCUT2D eigenvalue weighted by Crippen LogP contribution is -2.16. The minimum atomic E-state index is 0.301. The fraction of sp³-hybridized carbons (Fsp3) is 0.733. The van der Waals surface area contributed by atoms with Crippen molar-refractivity contribution in [2.24, 2.45) is 11.8 Å². The molecule has 1 aliphatic carbocycles. The van der Waals surface area contributed by atoms with Gasteiger partial charge in [-0.2, -0.15) is 0 Å². The Hall–Kier alpha value is -1.32. The monoisotopic (exact) mass is 262 g/mol. The third kappa shape index (κ3) is 3.37. The number of nitrogens with zero attached hydrogens (tertiary/aromatic N) is 2. The van der Waals surface area contributed by atoms with Gasteiger partial charge in [0, 0.05) is 18.0 Å². The molecule has 0 aliphatic heterocycles. The van der Waals surface area contributed by atoms with Crippen molar-refractivity contribution in [2.45, 2.75) is 52.9 Å². The Balaban J connectivity index is 2.06. The standard InChI is InChI=1S/C15H26N4/c1-9(2)14-18-13(16)11(4)15(19-14)17-8-12-6-5-10(3)7-12/h9-10,12H,5-8H2,1-4H3,(H3,16,17,18,19). The summed E-state index contributed by atoms with van der Waals surface area (Å²) in [6.07, 6.45) is 4.00. The number of nitrogens with one attached hydrogen (secondary N) is 1. The molecule has 1 heterocycles. The maximum atomic E-state index is 5.97. The third-order valence-corrected chi connectivity index (χ3v) is 4.08. The summed E-state index contributed by atoms with van der Waals surface area (Å²) in [7, 11) is 0. The van der Waals surface area contributed by atoms with Crippen LogP contribution in [0.2, 0.25) is 0 Å². The van der Waals surface area contributed by atoms with Gasteiger partial charge < -0.3 is 11.1 Å². The summed E-state index contributed by atoms with van der Waals surface area (Å²) < 4.78 is 0. The molecule has 0 spiro atoms. The number of hydrogen-bond donors (Lipinski definition) is 2. The summed E-state index contributed by atoms with van der Waals surface area (Å²) in [5, 5.41) is 3.48. The second-order valence-electron chi connectivity index (χ2n) is 6.26. The highest BCUT2D eigenvalue weighted by molar-refractivity contribution is 5.55. The highest BCUT2D eigenvalue weighted by Crippen LogP contribution is 2.30. The zero-order valence-electron chi connectivity index (χ0n) is 12.5. The summed E-state index contributed by atoms with van der Waals surface area (Å²) in [4.78, 5) is 8.96. The summed E-state index contributed by atoms with van der Waals surface area (Å²) in [5.41, 5.74) is 6.94. The van der Waals surface area contributed by atoms with Crippen molar-refractivity contribution in [1.82, 2.24) is 9.97 Å². The van der Waals surface area contributed by atoms with Crippen LogP contribution in [-0.2, 0) is 0 Å². The molecular weight excluding hydrogens is 236 g/mol. The summed E-state index contributed by atoms with van der Waals surface area (Å²) in [6.45, 7) is 9.50. The van der Waals surface area contributed by atoms with Crippen LogP contribution in [0.3, 0.4) is 0 Å². The van der Waals surface area contributed by atoms with E-state index in [4.69, 9.17) is 5.73 Å². The molecule has 106 valence electrons. The quantitative estimate of drug-likeness (QED) is 0.873. The Bertz CT molecular complexity index is 442. The maximum absolute atomic E-state index is 5.97. The van der Waals surface area contributed by atoms with Gasteiger partial charge in [0.05, 0.1) is 0 Å². The summed E-state index contributed by atoms with van der Waals surface area (Å²) >= 11 is 0. The van der Waals surface area contributed by atoms with E-state index in [0.717, 1.165) is 35.6 Å². The summed E-state index contributed by atoms with van der Waals surface area (Å²) in [6, 6.07) is 0. The first-order chi connectivity index (χ1) is 8.97. The van der Waals surface area contributed by atoms with E-state index in [2.05, 4.69) is 36.1 Å². The van der Waals surface area contributed by atoms with E-state index in [0.29, 0.717) is 11.7 Å². The van der Waals surface area contributed by atoms with E-state index >= 15 is 0 Å². The van der Waals surface area contributed by atoms with Gasteiger partial charge in [-0.1, -0.05) is 27.2 Å². The Morgan fingerprint density at radius 2 is 2.05 bits per heavy atom. The molecule has 2 atom stereocenters. The molecule has 1 aromatic heterocycles. The van der Waals surface area contributed by atoms with Gasteiger partial charge in [-0.3, -0.25) is 0 Å². The third-order valence-electron chi connectivity index (χ3n) is 4.08. The molecule has 0 amide bonds. The zero-order chi connectivity index (χ0) is 14.0. The molecule has 4 nitrogen and oxygen atoms in total. The summed E-state index contributed by atoms with van der Waals surface area (Å²) in [5.74, 6) is 4.28. The predicted molar refractivity (Wildman–Crippen MR) is 80.3 cm³/mol. The molecule has 1 saturated carbocycles. The molecule has 1 fully saturated rings. The average molecular weight is 262 g/mol. The number of anilines is 2. The van der Waals surface area contributed by atoms with E-state index in [1.165, 1.54) is 19.3 Å². The van der Waals surface area contributed by atoms with E-state index in [9.17, 15) is 0 Å². The van der Waals surface area contributed by atoms with Crippen LogP contribution in [0.5, 0.6) is 0 Å². The van der Waals surface area contributed by atoms with Crippen molar-refractivity contribution < 1.29 is 0 Å². The van der Waals surface area contributed by atoms with E-state index in [1.807, 2.05) is 6.92 Å². The lowest BCUT2D eigenvalue weighted by atomic mass is 10.1. The molecular formula is C15H26N4. The molecule has 2 unspecified atom stereocenters. The fourth-order valence-electron chi connectivity index (χ4n) is 2.73.